The quantitative estimate of drug-likeness (QED) is 0.388. The lowest BCUT2D eigenvalue weighted by molar-refractivity contribution is -0.119. The number of imidazole rings is 1. The highest BCUT2D eigenvalue weighted by atomic mass is 32.2. The summed E-state index contributed by atoms with van der Waals surface area (Å²) in [4.78, 5) is 31.5. The Hall–Kier alpha value is -3.21. The van der Waals surface area contributed by atoms with Crippen LogP contribution in [0.5, 0.6) is 0 Å². The van der Waals surface area contributed by atoms with Crippen LogP contribution in [0.1, 0.15) is 16.1 Å². The van der Waals surface area contributed by atoms with Crippen LogP contribution in [0.15, 0.2) is 59.9 Å². The monoisotopic (exact) mass is 484 g/mol. The van der Waals surface area contributed by atoms with E-state index in [1.54, 1.807) is 16.7 Å². The molecule has 0 spiro atoms. The maximum Gasteiger partial charge on any atom is 0.357 e. The number of amides is 1. The first-order valence-electron chi connectivity index (χ1n) is 10.8. The molecule has 1 N–H and O–H groups in total. The first-order chi connectivity index (χ1) is 16.5. The molecule has 0 radical (unpaired) electrons. The Balaban J connectivity index is 1.33. The highest BCUT2D eigenvalue weighted by Crippen LogP contribution is 2.22. The average Bonchev–Trinajstić information content (AvgIpc) is 3.29. The van der Waals surface area contributed by atoms with E-state index in [9.17, 15) is 14.0 Å². The zero-order chi connectivity index (χ0) is 23.9. The average molecular weight is 485 g/mol. The van der Waals surface area contributed by atoms with Crippen molar-refractivity contribution in [2.24, 2.45) is 0 Å². The lowest BCUT2D eigenvalue weighted by atomic mass is 10.2. The smallest absolute Gasteiger partial charge is 0.357 e. The molecule has 2 heterocycles. The number of nitrogens with zero attached hydrogens (tertiary/aromatic N) is 3. The van der Waals surface area contributed by atoms with E-state index in [0.717, 1.165) is 38.4 Å². The summed E-state index contributed by atoms with van der Waals surface area (Å²) in [6.07, 6.45) is 3.19. The SMILES string of the molecule is CSc1ncc(C(=O)OCC(=O)Nc2ccc(CN3CCOCC3)cc2)n1-c1ccc(F)cc1. The van der Waals surface area contributed by atoms with Gasteiger partial charge in [0.05, 0.1) is 19.4 Å². The minimum atomic E-state index is -0.701. The van der Waals surface area contributed by atoms with Gasteiger partial charge in [-0.2, -0.15) is 0 Å². The molecule has 10 heteroatoms. The van der Waals surface area contributed by atoms with Gasteiger partial charge < -0.3 is 14.8 Å². The van der Waals surface area contributed by atoms with Gasteiger partial charge in [0, 0.05) is 31.0 Å². The van der Waals surface area contributed by atoms with Gasteiger partial charge in [-0.15, -0.1) is 0 Å². The number of thioether (sulfide) groups is 1. The van der Waals surface area contributed by atoms with Gasteiger partial charge in [0.15, 0.2) is 17.5 Å². The molecule has 0 saturated carbocycles. The molecule has 1 aliphatic heterocycles. The van der Waals surface area contributed by atoms with Crippen molar-refractivity contribution in [3.63, 3.8) is 0 Å². The number of benzene rings is 2. The molecule has 1 saturated heterocycles. The van der Waals surface area contributed by atoms with Crippen molar-refractivity contribution in [2.45, 2.75) is 11.7 Å². The van der Waals surface area contributed by atoms with Crippen LogP contribution in [0.25, 0.3) is 5.69 Å². The molecule has 4 rings (SSSR count). The summed E-state index contributed by atoms with van der Waals surface area (Å²) in [7, 11) is 0. The van der Waals surface area contributed by atoms with Crippen molar-refractivity contribution in [1.29, 1.82) is 0 Å². The number of carbonyl (C=O) groups is 2. The fourth-order valence-electron chi connectivity index (χ4n) is 3.58. The third-order valence-corrected chi connectivity index (χ3v) is 5.94. The number of rotatable bonds is 8. The van der Waals surface area contributed by atoms with Gasteiger partial charge in [0.2, 0.25) is 0 Å². The third kappa shape index (κ3) is 6.02. The molecule has 1 aromatic heterocycles. The molecule has 0 unspecified atom stereocenters. The number of anilines is 1. The molecule has 1 amide bonds. The van der Waals surface area contributed by atoms with Crippen molar-refractivity contribution in [3.05, 3.63) is 71.8 Å². The summed E-state index contributed by atoms with van der Waals surface area (Å²) in [5.74, 6) is -1.54. The van der Waals surface area contributed by atoms with E-state index >= 15 is 0 Å². The minimum Gasteiger partial charge on any atom is -0.451 e. The fourth-order valence-corrected chi connectivity index (χ4v) is 4.12. The van der Waals surface area contributed by atoms with Crippen molar-refractivity contribution < 1.29 is 23.5 Å². The molecule has 3 aromatic rings. The Morgan fingerprint density at radius 1 is 1.12 bits per heavy atom. The van der Waals surface area contributed by atoms with Gasteiger partial charge in [-0.05, 0) is 48.2 Å². The van der Waals surface area contributed by atoms with E-state index in [0.29, 0.717) is 16.5 Å². The van der Waals surface area contributed by atoms with E-state index in [2.05, 4.69) is 15.2 Å². The number of morpholine rings is 1. The topological polar surface area (TPSA) is 85.7 Å². The van der Waals surface area contributed by atoms with Crippen molar-refractivity contribution >= 4 is 29.3 Å². The predicted molar refractivity (Wildman–Crippen MR) is 127 cm³/mol. The first kappa shape index (κ1) is 23.9. The van der Waals surface area contributed by atoms with Crippen molar-refractivity contribution in [2.75, 3.05) is 44.5 Å². The van der Waals surface area contributed by atoms with Gasteiger partial charge in [-0.3, -0.25) is 14.3 Å². The van der Waals surface area contributed by atoms with Crippen LogP contribution in [-0.4, -0.2) is 65.5 Å². The van der Waals surface area contributed by atoms with Gasteiger partial charge in [0.25, 0.3) is 5.91 Å². The molecule has 1 fully saturated rings. The second kappa shape index (κ2) is 11.3. The molecule has 8 nitrogen and oxygen atoms in total. The Morgan fingerprint density at radius 2 is 1.82 bits per heavy atom. The second-order valence-corrected chi connectivity index (χ2v) is 8.43. The zero-order valence-electron chi connectivity index (χ0n) is 18.7. The minimum absolute atomic E-state index is 0.149. The van der Waals surface area contributed by atoms with Gasteiger partial charge in [-0.1, -0.05) is 23.9 Å². The first-order valence-corrected chi connectivity index (χ1v) is 12.0. The molecular weight excluding hydrogens is 459 g/mol. The lowest BCUT2D eigenvalue weighted by Crippen LogP contribution is -2.35. The lowest BCUT2D eigenvalue weighted by Gasteiger charge is -2.26. The van der Waals surface area contributed by atoms with Crippen LogP contribution in [0, 0.1) is 5.82 Å². The molecule has 178 valence electrons. The molecule has 0 atom stereocenters. The molecular formula is C24H25FN4O4S. The Bertz CT molecular complexity index is 1130. The van der Waals surface area contributed by atoms with Gasteiger partial charge in [0.1, 0.15) is 5.82 Å². The largest absolute Gasteiger partial charge is 0.451 e. The molecule has 0 aliphatic carbocycles. The maximum atomic E-state index is 13.3. The van der Waals surface area contributed by atoms with E-state index in [1.807, 2.05) is 30.5 Å². The van der Waals surface area contributed by atoms with E-state index in [4.69, 9.17) is 9.47 Å². The van der Waals surface area contributed by atoms with E-state index in [1.165, 1.54) is 30.1 Å². The van der Waals surface area contributed by atoms with Crippen LogP contribution in [-0.2, 0) is 20.8 Å². The summed E-state index contributed by atoms with van der Waals surface area (Å²) in [5.41, 5.74) is 2.48. The van der Waals surface area contributed by atoms with Gasteiger partial charge in [-0.25, -0.2) is 14.2 Å². The highest BCUT2D eigenvalue weighted by Gasteiger charge is 2.20. The highest BCUT2D eigenvalue weighted by molar-refractivity contribution is 7.98. The number of ether oxygens (including phenoxy) is 2. The second-order valence-electron chi connectivity index (χ2n) is 7.65. The molecule has 34 heavy (non-hydrogen) atoms. The maximum absolute atomic E-state index is 13.3. The van der Waals surface area contributed by atoms with E-state index < -0.39 is 18.5 Å². The zero-order valence-corrected chi connectivity index (χ0v) is 19.5. The van der Waals surface area contributed by atoms with Gasteiger partial charge >= 0.3 is 5.97 Å². The van der Waals surface area contributed by atoms with Crippen LogP contribution in [0.3, 0.4) is 0 Å². The number of nitrogens with one attached hydrogen (secondary N) is 1. The van der Waals surface area contributed by atoms with Crippen LogP contribution in [0.2, 0.25) is 0 Å². The summed E-state index contributed by atoms with van der Waals surface area (Å²) >= 11 is 1.33. The standard InChI is InChI=1S/C24H25FN4O4S/c1-34-24-26-14-21(29(24)20-8-4-18(25)5-9-20)23(31)33-16-22(30)27-19-6-2-17(3-7-19)15-28-10-12-32-13-11-28/h2-9,14H,10-13,15-16H2,1H3,(H,27,30). The number of carbonyl (C=O) groups excluding carboxylic acids is 2. The predicted octanol–water partition coefficient (Wildman–Crippen LogP) is 3.36. The normalized spacial score (nSPS) is 14.1. The number of hydrogen-bond donors (Lipinski definition) is 1. The fraction of sp³-hybridized carbons (Fsp3) is 0.292. The number of esters is 1. The number of aromatic nitrogens is 2. The Morgan fingerprint density at radius 3 is 2.50 bits per heavy atom. The number of hydrogen-bond acceptors (Lipinski definition) is 7. The van der Waals surface area contributed by atoms with Crippen LogP contribution < -0.4 is 5.32 Å². The van der Waals surface area contributed by atoms with E-state index in [-0.39, 0.29) is 11.5 Å². The van der Waals surface area contributed by atoms with Crippen LogP contribution in [0.4, 0.5) is 10.1 Å². The number of halogens is 1. The van der Waals surface area contributed by atoms with Crippen molar-refractivity contribution in [1.82, 2.24) is 14.5 Å². The third-order valence-electron chi connectivity index (χ3n) is 5.29. The summed E-state index contributed by atoms with van der Waals surface area (Å²) in [6, 6.07) is 13.3. The molecule has 1 aliphatic rings. The summed E-state index contributed by atoms with van der Waals surface area (Å²) < 4.78 is 25.5. The van der Waals surface area contributed by atoms with Crippen LogP contribution >= 0.6 is 11.8 Å². The molecule has 0 bridgehead atoms. The molecule has 2 aromatic carbocycles. The van der Waals surface area contributed by atoms with Crippen molar-refractivity contribution in [3.8, 4) is 5.69 Å². The summed E-state index contributed by atoms with van der Waals surface area (Å²) in [6.45, 7) is 3.68. The summed E-state index contributed by atoms with van der Waals surface area (Å²) in [5, 5.41) is 3.27. The Labute approximate surface area is 201 Å². The Kier molecular flexibility index (Phi) is 7.94.